The number of thiophene rings is 1. The molecule has 0 amide bonds. The molecule has 2 heterocycles. The summed E-state index contributed by atoms with van der Waals surface area (Å²) >= 11 is 6.97. The highest BCUT2D eigenvalue weighted by molar-refractivity contribution is 7.80. The van der Waals surface area contributed by atoms with Gasteiger partial charge in [-0.3, -0.25) is 9.48 Å². The van der Waals surface area contributed by atoms with Gasteiger partial charge in [0.25, 0.3) is 6.43 Å². The smallest absolute Gasteiger partial charge is 0.339 e. The van der Waals surface area contributed by atoms with Gasteiger partial charge in [-0.15, -0.1) is 11.3 Å². The van der Waals surface area contributed by atoms with E-state index in [9.17, 15) is 22.8 Å². The lowest BCUT2D eigenvalue weighted by Crippen LogP contribution is -2.32. The number of esters is 1. The van der Waals surface area contributed by atoms with E-state index in [1.54, 1.807) is 14.0 Å². The number of hydrogen-bond acceptors (Lipinski definition) is 6. The summed E-state index contributed by atoms with van der Waals surface area (Å²) < 4.78 is 45.7. The summed E-state index contributed by atoms with van der Waals surface area (Å²) in [6.07, 6.45) is -0.171. The van der Waals surface area contributed by atoms with Gasteiger partial charge in [0.2, 0.25) is 0 Å². The number of nitrogens with zero attached hydrogens (tertiary/aromatic N) is 2. The molecule has 1 N–H and O–H groups in total. The van der Waals surface area contributed by atoms with Gasteiger partial charge in [0, 0.05) is 41.6 Å². The predicted octanol–water partition coefficient (Wildman–Crippen LogP) is 5.39. The molecule has 1 fully saturated rings. The molecule has 35 heavy (non-hydrogen) atoms. The number of alkyl halides is 3. The van der Waals surface area contributed by atoms with Gasteiger partial charge >= 0.3 is 5.97 Å². The Labute approximate surface area is 211 Å². The Morgan fingerprint density at radius 3 is 2.74 bits per heavy atom. The number of halogens is 3. The molecular formula is C24H28F3N3O3S2. The zero-order valence-electron chi connectivity index (χ0n) is 19.6. The van der Waals surface area contributed by atoms with Crippen LogP contribution in [0.1, 0.15) is 70.4 Å². The largest absolute Gasteiger partial charge is 0.462 e. The number of nitrogens with one attached hydrogen (secondary N) is 1. The number of ether oxygens (including phenoxy) is 1. The molecule has 0 spiro atoms. The first-order valence-electron chi connectivity index (χ1n) is 11.7. The van der Waals surface area contributed by atoms with Gasteiger partial charge < -0.3 is 10.1 Å². The maximum absolute atomic E-state index is 13.2. The molecule has 2 aliphatic rings. The van der Waals surface area contributed by atoms with E-state index in [-0.39, 0.29) is 49.2 Å². The average molecular weight is 528 g/mol. The van der Waals surface area contributed by atoms with Crippen LogP contribution < -0.4 is 5.32 Å². The Balaban J connectivity index is 1.47. The molecular weight excluding hydrogens is 499 g/mol. The summed E-state index contributed by atoms with van der Waals surface area (Å²) in [4.78, 5) is 27.8. The van der Waals surface area contributed by atoms with E-state index in [2.05, 4.69) is 10.4 Å². The van der Waals surface area contributed by atoms with Gasteiger partial charge in [-0.25, -0.2) is 18.0 Å². The number of Topliss-reactive ketones (excluding diaryl/α,β-unsaturated/α-hetero) is 1. The Morgan fingerprint density at radius 1 is 1.37 bits per heavy atom. The van der Waals surface area contributed by atoms with Crippen molar-refractivity contribution in [2.45, 2.75) is 64.5 Å². The lowest BCUT2D eigenvalue weighted by molar-refractivity contribution is -0.126. The normalized spacial score (nSPS) is 21.4. The maximum Gasteiger partial charge on any atom is 0.339 e. The van der Waals surface area contributed by atoms with Crippen LogP contribution in [0.5, 0.6) is 0 Å². The predicted molar refractivity (Wildman–Crippen MR) is 131 cm³/mol. The SMILES string of the molecule is CCOC(=O)c1c(CC(=O)C2CC(F)C2)sc2c1C[C@@H](CC(=S)Nc1cc(C(F)F)nn1C)CC2. The topological polar surface area (TPSA) is 73.2 Å². The fourth-order valence-electron chi connectivity index (χ4n) is 4.73. The number of rotatable bonds is 9. The van der Waals surface area contributed by atoms with E-state index >= 15 is 0 Å². The minimum Gasteiger partial charge on any atom is -0.462 e. The Kier molecular flexibility index (Phi) is 7.95. The number of carbonyl (C=O) groups excluding carboxylic acids is 2. The molecule has 2 aromatic heterocycles. The van der Waals surface area contributed by atoms with Crippen molar-refractivity contribution in [1.29, 1.82) is 0 Å². The van der Waals surface area contributed by atoms with Crippen LogP contribution in [0, 0.1) is 11.8 Å². The van der Waals surface area contributed by atoms with E-state index < -0.39 is 18.6 Å². The van der Waals surface area contributed by atoms with Crippen LogP contribution in [0.4, 0.5) is 19.0 Å². The molecule has 0 radical (unpaired) electrons. The Bertz CT molecular complexity index is 1120. The Hall–Kier alpha value is -2.27. The number of carbonyl (C=O) groups is 2. The highest BCUT2D eigenvalue weighted by Gasteiger charge is 2.36. The lowest BCUT2D eigenvalue weighted by atomic mass is 9.79. The van der Waals surface area contributed by atoms with Crippen LogP contribution in [0.3, 0.4) is 0 Å². The van der Waals surface area contributed by atoms with Crippen molar-refractivity contribution >= 4 is 46.1 Å². The monoisotopic (exact) mass is 527 g/mol. The third-order valence-corrected chi connectivity index (χ3v) is 8.21. The number of anilines is 1. The van der Waals surface area contributed by atoms with Crippen molar-refractivity contribution in [2.75, 3.05) is 11.9 Å². The first-order valence-corrected chi connectivity index (χ1v) is 13.0. The second kappa shape index (κ2) is 10.8. The van der Waals surface area contributed by atoms with Crippen molar-refractivity contribution < 1.29 is 27.5 Å². The van der Waals surface area contributed by atoms with Crippen LogP contribution in [0.15, 0.2) is 6.07 Å². The molecule has 11 heteroatoms. The molecule has 6 nitrogen and oxygen atoms in total. The van der Waals surface area contributed by atoms with Crippen LogP contribution in [0.2, 0.25) is 0 Å². The van der Waals surface area contributed by atoms with Crippen molar-refractivity contribution in [3.05, 3.63) is 32.6 Å². The number of fused-ring (bicyclic) bond motifs is 1. The summed E-state index contributed by atoms with van der Waals surface area (Å²) in [6, 6.07) is 1.28. The first kappa shape index (κ1) is 25.8. The molecule has 4 rings (SSSR count). The van der Waals surface area contributed by atoms with Gasteiger partial charge in [-0.1, -0.05) is 12.2 Å². The highest BCUT2D eigenvalue weighted by atomic mass is 32.1. The zero-order valence-corrected chi connectivity index (χ0v) is 21.2. The molecule has 0 unspecified atom stereocenters. The lowest BCUT2D eigenvalue weighted by Gasteiger charge is -2.28. The van der Waals surface area contributed by atoms with Crippen LogP contribution in [-0.4, -0.2) is 39.3 Å². The zero-order chi connectivity index (χ0) is 25.3. The third kappa shape index (κ3) is 5.77. The highest BCUT2D eigenvalue weighted by Crippen LogP contribution is 2.40. The van der Waals surface area contributed by atoms with Crippen molar-refractivity contribution in [3.8, 4) is 0 Å². The quantitative estimate of drug-likeness (QED) is 0.348. The van der Waals surface area contributed by atoms with Gasteiger partial charge in [-0.2, -0.15) is 5.10 Å². The number of aryl methyl sites for hydroxylation is 2. The summed E-state index contributed by atoms with van der Waals surface area (Å²) in [6.45, 7) is 1.97. The molecule has 2 aromatic rings. The molecule has 0 aliphatic heterocycles. The molecule has 1 saturated carbocycles. The minimum atomic E-state index is -2.66. The summed E-state index contributed by atoms with van der Waals surface area (Å²) in [5, 5.41) is 6.80. The van der Waals surface area contributed by atoms with Crippen molar-refractivity contribution in [2.24, 2.45) is 18.9 Å². The fraction of sp³-hybridized carbons (Fsp3) is 0.583. The number of thiocarbonyl (C=S) groups is 1. The second-order valence-electron chi connectivity index (χ2n) is 9.17. The first-order chi connectivity index (χ1) is 16.7. The van der Waals surface area contributed by atoms with Crippen LogP contribution in [-0.2, 0) is 35.8 Å². The van der Waals surface area contributed by atoms with E-state index in [1.807, 2.05) is 0 Å². The minimum absolute atomic E-state index is 0.0238. The summed E-state index contributed by atoms with van der Waals surface area (Å²) in [5.74, 6) is -0.176. The van der Waals surface area contributed by atoms with Crippen LogP contribution in [0.25, 0.3) is 0 Å². The van der Waals surface area contributed by atoms with Crippen molar-refractivity contribution in [3.63, 3.8) is 0 Å². The summed E-state index contributed by atoms with van der Waals surface area (Å²) in [5.41, 5.74) is 1.07. The molecule has 0 aromatic carbocycles. The standard InChI is InChI=1S/C24H28F3N3O3S2/c1-3-33-24(32)22-15-6-12(7-21(34)28-20-10-16(23(26)27)29-30(20)2)4-5-18(15)35-19(22)11-17(31)13-8-14(25)9-13/h10,12-14,23H,3-9,11H2,1-2H3,(H,28,34)/t12-,13?,14?/m0/s1. The number of ketones is 1. The molecule has 0 bridgehead atoms. The van der Waals surface area contributed by atoms with Gasteiger partial charge in [-0.05, 0) is 50.5 Å². The third-order valence-electron chi connectivity index (χ3n) is 6.65. The van der Waals surface area contributed by atoms with E-state index in [4.69, 9.17) is 17.0 Å². The fourth-order valence-corrected chi connectivity index (χ4v) is 6.42. The van der Waals surface area contributed by atoms with Gasteiger partial charge in [0.15, 0.2) is 0 Å². The second-order valence-corrected chi connectivity index (χ2v) is 10.9. The van der Waals surface area contributed by atoms with Crippen LogP contribution >= 0.6 is 23.6 Å². The van der Waals surface area contributed by atoms with Crippen molar-refractivity contribution in [1.82, 2.24) is 9.78 Å². The van der Waals surface area contributed by atoms with Gasteiger partial charge in [0.05, 0.1) is 17.2 Å². The van der Waals surface area contributed by atoms with Gasteiger partial charge in [0.1, 0.15) is 23.5 Å². The number of aromatic nitrogens is 2. The molecule has 2 aliphatic carbocycles. The maximum atomic E-state index is 13.2. The number of hydrogen-bond donors (Lipinski definition) is 1. The average Bonchev–Trinajstić information content (AvgIpc) is 3.31. The van der Waals surface area contributed by atoms with E-state index in [0.29, 0.717) is 34.1 Å². The Morgan fingerprint density at radius 2 is 2.11 bits per heavy atom. The molecule has 0 saturated heterocycles. The van der Waals surface area contributed by atoms with E-state index in [0.717, 1.165) is 23.3 Å². The van der Waals surface area contributed by atoms with E-state index in [1.165, 1.54) is 22.1 Å². The summed E-state index contributed by atoms with van der Waals surface area (Å²) in [7, 11) is 1.57. The molecule has 1 atom stereocenters. The molecule has 190 valence electrons.